The van der Waals surface area contributed by atoms with Gasteiger partial charge in [0.25, 0.3) is 0 Å². The molecule has 0 N–H and O–H groups in total. The number of hydrogen-bond acceptors (Lipinski definition) is 2. The lowest BCUT2D eigenvalue weighted by Gasteiger charge is -2.36. The first-order valence-corrected chi connectivity index (χ1v) is 13.6. The summed E-state index contributed by atoms with van der Waals surface area (Å²) in [6.07, 6.45) is 0.848. The van der Waals surface area contributed by atoms with Crippen molar-refractivity contribution in [3.05, 3.63) is 28.2 Å². The van der Waals surface area contributed by atoms with E-state index in [1.165, 1.54) is 5.56 Å². The molecule has 21 heavy (non-hydrogen) atoms. The number of halogens is 1. The summed E-state index contributed by atoms with van der Waals surface area (Å²) < 4.78 is 19.5. The highest BCUT2D eigenvalue weighted by atomic mass is 79.9. The van der Waals surface area contributed by atoms with Crippen molar-refractivity contribution in [2.24, 2.45) is 0 Å². The van der Waals surface area contributed by atoms with Crippen LogP contribution >= 0.6 is 23.1 Å². The second-order valence-electron chi connectivity index (χ2n) is 7.49. The Morgan fingerprint density at radius 2 is 1.81 bits per heavy atom. The van der Waals surface area contributed by atoms with Crippen LogP contribution in [0.5, 0.6) is 0 Å². The molecule has 0 bridgehead atoms. The van der Waals surface area contributed by atoms with Crippen molar-refractivity contribution in [1.29, 1.82) is 0 Å². The summed E-state index contributed by atoms with van der Waals surface area (Å²) in [7, 11) is -3.91. The van der Waals surface area contributed by atoms with Crippen molar-refractivity contribution in [2.75, 3.05) is 19.9 Å². The fourth-order valence-electron chi connectivity index (χ4n) is 1.72. The van der Waals surface area contributed by atoms with Crippen LogP contribution in [0.25, 0.3) is 0 Å². The van der Waals surface area contributed by atoms with Crippen molar-refractivity contribution in [1.82, 2.24) is 0 Å². The molecule has 2 nitrogen and oxygen atoms in total. The predicted octanol–water partition coefficient (Wildman–Crippen LogP) is 5.26. The van der Waals surface area contributed by atoms with Crippen molar-refractivity contribution in [3.8, 4) is 0 Å². The van der Waals surface area contributed by atoms with E-state index >= 15 is 0 Å². The summed E-state index contributed by atoms with van der Waals surface area (Å²) in [5.74, 6) is 0. The fourth-order valence-corrected chi connectivity index (χ4v) is 4.11. The molecule has 5 heteroatoms. The van der Waals surface area contributed by atoms with Gasteiger partial charge in [0, 0.05) is 16.4 Å². The summed E-state index contributed by atoms with van der Waals surface area (Å²) in [5.41, 5.74) is 1.18. The lowest BCUT2D eigenvalue weighted by molar-refractivity contribution is 0.292. The topological polar surface area (TPSA) is 26.3 Å². The van der Waals surface area contributed by atoms with Crippen LogP contribution in [-0.2, 0) is 15.4 Å². The Balaban J connectivity index is 2.79. The van der Waals surface area contributed by atoms with Crippen molar-refractivity contribution in [3.63, 3.8) is 0 Å². The van der Waals surface area contributed by atoms with Gasteiger partial charge in [-0.1, -0.05) is 42.8 Å². The summed E-state index contributed by atoms with van der Waals surface area (Å²) >= 11 is 3.58. The van der Waals surface area contributed by atoms with E-state index < -0.39 is 15.5 Å². The molecule has 0 amide bonds. The Labute approximate surface area is 139 Å². The molecule has 0 aromatic heterocycles. The molecule has 120 valence electrons. The Bertz CT molecular complexity index is 544. The van der Waals surface area contributed by atoms with Gasteiger partial charge in [0.05, 0.1) is 0 Å². The summed E-state index contributed by atoms with van der Waals surface area (Å²) in [6, 6.07) is 6.00. The molecular weight excluding hydrogens is 363 g/mol. The van der Waals surface area contributed by atoms with E-state index in [4.69, 9.17) is 4.43 Å². The molecule has 0 unspecified atom stereocenters. The van der Waals surface area contributed by atoms with E-state index in [1.54, 1.807) is 0 Å². The van der Waals surface area contributed by atoms with Crippen LogP contribution in [0.4, 0.5) is 0 Å². The highest BCUT2D eigenvalue weighted by molar-refractivity contribution is 9.10. The maximum absolute atomic E-state index is 12.2. The van der Waals surface area contributed by atoms with Crippen LogP contribution in [-0.4, -0.2) is 28.3 Å². The van der Waals surface area contributed by atoms with Crippen molar-refractivity contribution in [2.45, 2.75) is 45.3 Å². The van der Waals surface area contributed by atoms with Crippen molar-refractivity contribution >= 4 is 36.7 Å². The smallest absolute Gasteiger partial charge is 0.191 e. The molecule has 0 aliphatic carbocycles. The molecule has 0 fully saturated rings. The zero-order chi connectivity index (χ0) is 16.5. The second-order valence-corrected chi connectivity index (χ2v) is 16.4. The zero-order valence-electron chi connectivity index (χ0n) is 14.3. The third kappa shape index (κ3) is 5.35. The third-order valence-corrected chi connectivity index (χ3v) is 11.1. The van der Waals surface area contributed by atoms with E-state index in [2.05, 4.69) is 55.9 Å². The highest BCUT2D eigenvalue weighted by Gasteiger charge is 2.36. The van der Waals surface area contributed by atoms with Crippen LogP contribution in [0.15, 0.2) is 22.7 Å². The van der Waals surface area contributed by atoms with Gasteiger partial charge in [-0.3, -0.25) is 0 Å². The van der Waals surface area contributed by atoms with E-state index in [0.29, 0.717) is 0 Å². The van der Waals surface area contributed by atoms with Crippen LogP contribution < -0.4 is 5.30 Å². The molecule has 0 saturated carbocycles. The molecule has 1 aromatic carbocycles. The molecule has 0 spiro atoms. The zero-order valence-corrected chi connectivity index (χ0v) is 17.8. The average molecular weight is 391 g/mol. The van der Waals surface area contributed by atoms with Gasteiger partial charge < -0.3 is 8.99 Å². The van der Waals surface area contributed by atoms with E-state index in [0.717, 1.165) is 22.8 Å². The number of hydrogen-bond donors (Lipinski definition) is 0. The van der Waals surface area contributed by atoms with Crippen LogP contribution in [0, 0.1) is 0 Å². The molecule has 0 aliphatic rings. The Hall–Kier alpha value is 0.107. The molecule has 0 atom stereocenters. The Kier molecular flexibility index (Phi) is 6.11. The SMILES string of the molecule is CC(C)(C)[Si](C)(C)OCCc1cc(P(C)(C)=O)ccc1Br. The largest absolute Gasteiger partial charge is 0.416 e. The van der Waals surface area contributed by atoms with Gasteiger partial charge in [-0.05, 0) is 55.6 Å². The maximum atomic E-state index is 12.2. The van der Waals surface area contributed by atoms with Gasteiger partial charge in [-0.2, -0.15) is 0 Å². The first kappa shape index (κ1) is 19.2. The Morgan fingerprint density at radius 1 is 1.24 bits per heavy atom. The van der Waals surface area contributed by atoms with Gasteiger partial charge in [0.2, 0.25) is 0 Å². The van der Waals surface area contributed by atoms with Crippen LogP contribution in [0.3, 0.4) is 0 Å². The van der Waals surface area contributed by atoms with Gasteiger partial charge >= 0.3 is 0 Å². The molecule has 0 heterocycles. The molecular formula is C16H28BrO2PSi. The normalized spacial score (nSPS) is 13.5. The van der Waals surface area contributed by atoms with E-state index in [9.17, 15) is 4.57 Å². The molecule has 1 aromatic rings. The predicted molar refractivity (Wildman–Crippen MR) is 100 cm³/mol. The van der Waals surface area contributed by atoms with Gasteiger partial charge in [-0.25, -0.2) is 0 Å². The second kappa shape index (κ2) is 6.70. The summed E-state index contributed by atoms with van der Waals surface area (Å²) in [6.45, 7) is 15.6. The molecule has 0 radical (unpaired) electrons. The maximum Gasteiger partial charge on any atom is 0.191 e. The van der Waals surface area contributed by atoms with Gasteiger partial charge in [0.1, 0.15) is 7.14 Å². The van der Waals surface area contributed by atoms with Gasteiger partial charge in [0.15, 0.2) is 8.32 Å². The summed E-state index contributed by atoms with van der Waals surface area (Å²) in [4.78, 5) is 0. The van der Waals surface area contributed by atoms with E-state index in [-0.39, 0.29) is 5.04 Å². The number of benzene rings is 1. The monoisotopic (exact) mass is 390 g/mol. The van der Waals surface area contributed by atoms with Crippen molar-refractivity contribution < 1.29 is 8.99 Å². The highest BCUT2D eigenvalue weighted by Crippen LogP contribution is 2.37. The van der Waals surface area contributed by atoms with E-state index in [1.807, 2.05) is 25.5 Å². The minimum atomic E-state index is -2.21. The number of rotatable bonds is 5. The first-order valence-electron chi connectivity index (χ1n) is 7.32. The lowest BCUT2D eigenvalue weighted by atomic mass is 10.2. The van der Waals surface area contributed by atoms with Gasteiger partial charge in [-0.15, -0.1) is 0 Å². The minimum absolute atomic E-state index is 0.231. The van der Waals surface area contributed by atoms with Crippen LogP contribution in [0.2, 0.25) is 18.1 Å². The molecule has 0 aliphatic heterocycles. The average Bonchev–Trinajstić information content (AvgIpc) is 2.28. The standard InChI is InChI=1S/C16H28BrO2PSi/c1-16(2,3)21(6,7)19-11-10-13-12-14(20(4,5)18)8-9-15(13)17/h8-9,12H,10-11H2,1-7H3. The third-order valence-electron chi connectivity index (χ3n) is 4.29. The van der Waals surface area contributed by atoms with Crippen LogP contribution in [0.1, 0.15) is 26.3 Å². The molecule has 0 saturated heterocycles. The Morgan fingerprint density at radius 3 is 2.29 bits per heavy atom. The first-order chi connectivity index (χ1) is 9.34. The minimum Gasteiger partial charge on any atom is -0.416 e. The summed E-state index contributed by atoms with van der Waals surface area (Å²) in [5, 5.41) is 1.17. The molecule has 1 rings (SSSR count). The lowest BCUT2D eigenvalue weighted by Crippen LogP contribution is -2.41. The fraction of sp³-hybridized carbons (Fsp3) is 0.625. The quantitative estimate of drug-likeness (QED) is 0.506.